The zero-order valence-corrected chi connectivity index (χ0v) is 14.2. The van der Waals surface area contributed by atoms with Crippen molar-refractivity contribution in [1.29, 1.82) is 0 Å². The Morgan fingerprint density at radius 3 is 2.46 bits per heavy atom. The Labute approximate surface area is 155 Å². The van der Waals surface area contributed by atoms with Gasteiger partial charge in [-0.15, -0.1) is 0 Å². The largest absolute Gasteiger partial charge is 0.463 e. The van der Waals surface area contributed by atoms with E-state index in [1.807, 2.05) is 0 Å². The highest BCUT2D eigenvalue weighted by Gasteiger charge is 2.34. The third kappa shape index (κ3) is 2.36. The minimum Gasteiger partial charge on any atom is -0.463 e. The van der Waals surface area contributed by atoms with Crippen molar-refractivity contribution in [3.05, 3.63) is 70.6 Å². The number of benzene rings is 3. The van der Waals surface area contributed by atoms with E-state index in [4.69, 9.17) is 13.9 Å². The second-order valence-corrected chi connectivity index (χ2v) is 6.36. The van der Waals surface area contributed by atoms with Crippen molar-refractivity contribution in [1.82, 2.24) is 0 Å². The summed E-state index contributed by atoms with van der Waals surface area (Å²) in [5.41, 5.74) is -1.51. The van der Waals surface area contributed by atoms with Gasteiger partial charge < -0.3 is 13.9 Å². The predicted molar refractivity (Wildman–Crippen MR) is 96.6 cm³/mol. The standard InChI is InChI=1S/C21H11F3O4/c22-21(23,24)15-4-2-1-3-11(15)14-9-26-16-7-6-13-12(18(16)19(14)25)5-8-17-20(13)28-10-27-17/h1-9H,10H2. The van der Waals surface area contributed by atoms with Crippen LogP contribution in [-0.4, -0.2) is 6.79 Å². The summed E-state index contributed by atoms with van der Waals surface area (Å²) < 4.78 is 56.6. The third-order valence-corrected chi connectivity index (χ3v) is 4.79. The molecule has 1 aliphatic rings. The molecule has 28 heavy (non-hydrogen) atoms. The Hall–Kier alpha value is -3.48. The molecule has 4 nitrogen and oxygen atoms in total. The van der Waals surface area contributed by atoms with Gasteiger partial charge in [-0.25, -0.2) is 0 Å². The first kappa shape index (κ1) is 16.7. The summed E-state index contributed by atoms with van der Waals surface area (Å²) in [5, 5.41) is 1.36. The average Bonchev–Trinajstić information content (AvgIpc) is 3.16. The summed E-state index contributed by atoms with van der Waals surface area (Å²) in [4.78, 5) is 13.2. The Balaban J connectivity index is 1.86. The fraction of sp³-hybridized carbons (Fsp3) is 0.0952. The molecule has 0 aliphatic carbocycles. The molecule has 1 aliphatic heterocycles. The fourth-order valence-corrected chi connectivity index (χ4v) is 3.55. The molecule has 0 N–H and O–H groups in total. The van der Waals surface area contributed by atoms with Crippen molar-refractivity contribution in [3.8, 4) is 22.6 Å². The first-order valence-electron chi connectivity index (χ1n) is 8.38. The quantitative estimate of drug-likeness (QED) is 0.415. The molecule has 1 aromatic heterocycles. The number of halogens is 3. The molecule has 4 aromatic rings. The second kappa shape index (κ2) is 5.76. The van der Waals surface area contributed by atoms with Crippen molar-refractivity contribution in [3.63, 3.8) is 0 Å². The molecule has 0 unspecified atom stereocenters. The van der Waals surface area contributed by atoms with Crippen molar-refractivity contribution in [2.75, 3.05) is 6.79 Å². The van der Waals surface area contributed by atoms with Crippen molar-refractivity contribution >= 4 is 21.7 Å². The van der Waals surface area contributed by atoms with Crippen LogP contribution in [0.3, 0.4) is 0 Å². The molecular weight excluding hydrogens is 373 g/mol. The van der Waals surface area contributed by atoms with E-state index in [9.17, 15) is 18.0 Å². The lowest BCUT2D eigenvalue weighted by Crippen LogP contribution is -2.11. The lowest BCUT2D eigenvalue weighted by atomic mass is 9.97. The molecule has 140 valence electrons. The molecule has 0 saturated carbocycles. The number of alkyl halides is 3. The van der Waals surface area contributed by atoms with Crippen molar-refractivity contribution in [2.45, 2.75) is 6.18 Å². The Bertz CT molecular complexity index is 1310. The van der Waals surface area contributed by atoms with Gasteiger partial charge in [0.05, 0.1) is 16.5 Å². The average molecular weight is 384 g/mol. The van der Waals surface area contributed by atoms with E-state index in [1.165, 1.54) is 18.2 Å². The van der Waals surface area contributed by atoms with Gasteiger partial charge in [0, 0.05) is 16.3 Å². The molecule has 7 heteroatoms. The van der Waals surface area contributed by atoms with Crippen molar-refractivity contribution in [2.24, 2.45) is 0 Å². The van der Waals surface area contributed by atoms with Crippen LogP contribution in [0.2, 0.25) is 0 Å². The summed E-state index contributed by atoms with van der Waals surface area (Å²) in [6, 6.07) is 11.6. The zero-order valence-electron chi connectivity index (χ0n) is 14.2. The lowest BCUT2D eigenvalue weighted by molar-refractivity contribution is -0.137. The van der Waals surface area contributed by atoms with Gasteiger partial charge in [-0.1, -0.05) is 18.2 Å². The first-order valence-corrected chi connectivity index (χ1v) is 8.38. The number of hydrogen-bond acceptors (Lipinski definition) is 4. The fourth-order valence-electron chi connectivity index (χ4n) is 3.55. The van der Waals surface area contributed by atoms with Crippen LogP contribution in [0, 0.1) is 0 Å². The topological polar surface area (TPSA) is 48.7 Å². The highest BCUT2D eigenvalue weighted by molar-refractivity contribution is 6.09. The maximum Gasteiger partial charge on any atom is 0.417 e. The van der Waals surface area contributed by atoms with Crippen LogP contribution in [0.25, 0.3) is 32.9 Å². The zero-order chi connectivity index (χ0) is 19.5. The minimum absolute atomic E-state index is 0.0695. The Morgan fingerprint density at radius 2 is 1.64 bits per heavy atom. The third-order valence-electron chi connectivity index (χ3n) is 4.79. The normalized spacial score (nSPS) is 13.4. The summed E-state index contributed by atoms with van der Waals surface area (Å²) in [7, 11) is 0. The maximum atomic E-state index is 13.4. The second-order valence-electron chi connectivity index (χ2n) is 6.36. The van der Waals surface area contributed by atoms with Gasteiger partial charge in [0.25, 0.3) is 0 Å². The van der Waals surface area contributed by atoms with Crippen LogP contribution >= 0.6 is 0 Å². The van der Waals surface area contributed by atoms with Gasteiger partial charge in [0.2, 0.25) is 12.2 Å². The maximum absolute atomic E-state index is 13.4. The van der Waals surface area contributed by atoms with Gasteiger partial charge >= 0.3 is 6.18 Å². The van der Waals surface area contributed by atoms with E-state index in [0.29, 0.717) is 22.3 Å². The van der Waals surface area contributed by atoms with E-state index in [2.05, 4.69) is 0 Å². The van der Waals surface area contributed by atoms with Crippen molar-refractivity contribution < 1.29 is 27.1 Å². The predicted octanol–water partition coefficient (Wildman–Crippen LogP) is 5.36. The van der Waals surface area contributed by atoms with E-state index in [-0.39, 0.29) is 28.9 Å². The highest BCUT2D eigenvalue weighted by atomic mass is 19.4. The lowest BCUT2D eigenvalue weighted by Gasteiger charge is -2.13. The summed E-state index contributed by atoms with van der Waals surface area (Å²) >= 11 is 0. The molecule has 0 spiro atoms. The monoisotopic (exact) mass is 384 g/mol. The van der Waals surface area contributed by atoms with E-state index >= 15 is 0 Å². The molecule has 0 radical (unpaired) electrons. The van der Waals surface area contributed by atoms with Gasteiger partial charge in [0.15, 0.2) is 11.5 Å². The van der Waals surface area contributed by atoms with Crippen LogP contribution in [0.5, 0.6) is 11.5 Å². The number of ether oxygens (including phenoxy) is 2. The van der Waals surface area contributed by atoms with E-state index in [1.54, 1.807) is 24.3 Å². The molecule has 0 fully saturated rings. The molecule has 0 atom stereocenters. The highest BCUT2D eigenvalue weighted by Crippen LogP contribution is 2.41. The van der Waals surface area contributed by atoms with Crippen LogP contribution < -0.4 is 14.9 Å². The molecular formula is C21H11F3O4. The Morgan fingerprint density at radius 1 is 0.857 bits per heavy atom. The molecule has 2 heterocycles. The van der Waals surface area contributed by atoms with Crippen LogP contribution in [-0.2, 0) is 6.18 Å². The molecule has 5 rings (SSSR count). The first-order chi connectivity index (χ1) is 13.4. The number of fused-ring (bicyclic) bond motifs is 5. The number of rotatable bonds is 1. The SMILES string of the molecule is O=c1c(-c2ccccc2C(F)(F)F)coc2ccc3c4c(ccc3c12)OCO4. The van der Waals surface area contributed by atoms with E-state index < -0.39 is 17.2 Å². The molecule has 0 saturated heterocycles. The minimum atomic E-state index is -4.59. The molecule has 0 bridgehead atoms. The summed E-state index contributed by atoms with van der Waals surface area (Å²) in [6.45, 7) is 0.0695. The van der Waals surface area contributed by atoms with Gasteiger partial charge in [-0.3, -0.25) is 4.79 Å². The van der Waals surface area contributed by atoms with Crippen LogP contribution in [0.4, 0.5) is 13.2 Å². The van der Waals surface area contributed by atoms with Gasteiger partial charge in [0.1, 0.15) is 11.8 Å². The van der Waals surface area contributed by atoms with Crippen LogP contribution in [0.1, 0.15) is 5.56 Å². The molecule has 3 aromatic carbocycles. The smallest absolute Gasteiger partial charge is 0.417 e. The van der Waals surface area contributed by atoms with E-state index in [0.717, 1.165) is 12.3 Å². The number of hydrogen-bond donors (Lipinski definition) is 0. The molecule has 0 amide bonds. The summed E-state index contributed by atoms with van der Waals surface area (Å²) in [5.74, 6) is 1.05. The van der Waals surface area contributed by atoms with Gasteiger partial charge in [-0.2, -0.15) is 13.2 Å². The Kier molecular flexibility index (Phi) is 3.43. The van der Waals surface area contributed by atoms with Gasteiger partial charge in [-0.05, 0) is 30.3 Å². The summed E-state index contributed by atoms with van der Waals surface area (Å²) in [6.07, 6.45) is -3.52. The van der Waals surface area contributed by atoms with Crippen LogP contribution in [0.15, 0.2) is 64.0 Å².